The Bertz CT molecular complexity index is 885. The number of carbonyl (C=O) groups excluding carboxylic acids is 2. The largest absolute Gasteiger partial charge is 0.379 e. The van der Waals surface area contributed by atoms with Crippen molar-refractivity contribution in [1.29, 1.82) is 0 Å². The zero-order valence-corrected chi connectivity index (χ0v) is 21.6. The molecule has 192 valence electrons. The molecule has 2 aliphatic carbocycles. The molecule has 1 aromatic rings. The molecule has 2 aliphatic heterocycles. The fourth-order valence-electron chi connectivity index (χ4n) is 6.70. The molecule has 0 aromatic heterocycles. The van der Waals surface area contributed by atoms with E-state index in [9.17, 15) is 9.59 Å². The van der Waals surface area contributed by atoms with E-state index in [4.69, 9.17) is 4.74 Å². The highest BCUT2D eigenvalue weighted by molar-refractivity contribution is 5.92. The molecule has 0 spiro atoms. The fraction of sp³-hybridized carbons (Fsp3) is 0.724. The maximum Gasteiger partial charge on any atom is 0.226 e. The van der Waals surface area contributed by atoms with Gasteiger partial charge in [0.25, 0.3) is 0 Å². The van der Waals surface area contributed by atoms with E-state index in [0.29, 0.717) is 24.3 Å². The normalized spacial score (nSPS) is 28.3. The van der Waals surface area contributed by atoms with Crippen LogP contribution in [0, 0.1) is 17.8 Å². The number of fused-ring (bicyclic) bond motifs is 2. The van der Waals surface area contributed by atoms with Gasteiger partial charge in [-0.1, -0.05) is 44.2 Å². The summed E-state index contributed by atoms with van der Waals surface area (Å²) in [5, 5.41) is 0. The molecule has 0 bridgehead atoms. The van der Waals surface area contributed by atoms with Crippen LogP contribution in [0.5, 0.6) is 0 Å². The third kappa shape index (κ3) is 5.91. The van der Waals surface area contributed by atoms with Gasteiger partial charge in [0, 0.05) is 57.8 Å². The van der Waals surface area contributed by atoms with Gasteiger partial charge in [0.15, 0.2) is 0 Å². The van der Waals surface area contributed by atoms with Gasteiger partial charge in [-0.15, -0.1) is 0 Å². The number of anilines is 1. The topological polar surface area (TPSA) is 53.1 Å². The lowest BCUT2D eigenvalue weighted by Gasteiger charge is -2.31. The first-order valence-corrected chi connectivity index (χ1v) is 14.1. The molecule has 0 N–H and O–H groups in total. The molecule has 2 saturated carbocycles. The number of amides is 2. The van der Waals surface area contributed by atoms with Gasteiger partial charge in [-0.25, -0.2) is 0 Å². The third-order valence-corrected chi connectivity index (χ3v) is 8.75. The molecule has 6 heteroatoms. The van der Waals surface area contributed by atoms with E-state index in [0.717, 1.165) is 82.9 Å². The molecule has 2 unspecified atom stereocenters. The van der Waals surface area contributed by atoms with Crippen LogP contribution in [0.4, 0.5) is 5.69 Å². The summed E-state index contributed by atoms with van der Waals surface area (Å²) in [6.07, 6.45) is 10.6. The quantitative estimate of drug-likeness (QED) is 0.633. The lowest BCUT2D eigenvalue weighted by molar-refractivity contribution is -0.134. The van der Waals surface area contributed by atoms with E-state index in [-0.39, 0.29) is 11.8 Å². The Labute approximate surface area is 211 Å². The van der Waals surface area contributed by atoms with Crippen molar-refractivity contribution in [2.45, 2.75) is 77.8 Å². The zero-order chi connectivity index (χ0) is 24.2. The van der Waals surface area contributed by atoms with Crippen LogP contribution in [-0.2, 0) is 27.4 Å². The number of carbonyl (C=O) groups is 2. The van der Waals surface area contributed by atoms with Crippen LogP contribution >= 0.6 is 0 Å². The SMILES string of the molecule is CC(=O)N1CCCCCCCN(C(=O)C2C3CCCCC32)Cc2ccc(CN3CCOCC3)cc21. The van der Waals surface area contributed by atoms with E-state index < -0.39 is 0 Å². The summed E-state index contributed by atoms with van der Waals surface area (Å²) >= 11 is 0. The van der Waals surface area contributed by atoms with Gasteiger partial charge < -0.3 is 14.5 Å². The lowest BCUT2D eigenvalue weighted by atomic mass is 10.0. The predicted octanol–water partition coefficient (Wildman–Crippen LogP) is 4.60. The summed E-state index contributed by atoms with van der Waals surface area (Å²) in [4.78, 5) is 33.1. The Balaban J connectivity index is 1.41. The van der Waals surface area contributed by atoms with Gasteiger partial charge >= 0.3 is 0 Å². The Hall–Kier alpha value is -1.92. The van der Waals surface area contributed by atoms with Crippen molar-refractivity contribution in [3.8, 4) is 0 Å². The number of nitrogens with zero attached hydrogens (tertiary/aromatic N) is 3. The molecule has 3 fully saturated rings. The van der Waals surface area contributed by atoms with E-state index in [1.807, 2.05) is 4.90 Å². The smallest absolute Gasteiger partial charge is 0.226 e. The highest BCUT2D eigenvalue weighted by Gasteiger charge is 2.55. The third-order valence-electron chi connectivity index (χ3n) is 8.75. The minimum absolute atomic E-state index is 0.0953. The maximum absolute atomic E-state index is 13.7. The van der Waals surface area contributed by atoms with Crippen LogP contribution in [0.15, 0.2) is 18.2 Å². The van der Waals surface area contributed by atoms with Crippen molar-refractivity contribution in [1.82, 2.24) is 9.80 Å². The standard InChI is InChI=1S/C29H43N3O3/c1-22(33)32-14-8-4-2-3-7-13-31(29(34)28-25-9-5-6-10-26(25)28)21-24-12-11-23(19-27(24)32)20-30-15-17-35-18-16-30/h11-12,19,25-26,28H,2-10,13-18,20-21H2,1H3. The second-order valence-corrected chi connectivity index (χ2v) is 11.2. The maximum atomic E-state index is 13.7. The average Bonchev–Trinajstić information content (AvgIpc) is 3.59. The first-order chi connectivity index (χ1) is 17.1. The molecular formula is C29H43N3O3. The number of benzene rings is 1. The lowest BCUT2D eigenvalue weighted by Crippen LogP contribution is -2.37. The first kappa shape index (κ1) is 24.8. The molecule has 1 saturated heterocycles. The molecule has 2 amide bonds. The van der Waals surface area contributed by atoms with Gasteiger partial charge in [0.2, 0.25) is 11.8 Å². The molecule has 35 heavy (non-hydrogen) atoms. The summed E-state index contributed by atoms with van der Waals surface area (Å²) in [6, 6.07) is 6.61. The summed E-state index contributed by atoms with van der Waals surface area (Å²) in [5.41, 5.74) is 3.36. The second-order valence-electron chi connectivity index (χ2n) is 11.2. The fourth-order valence-corrected chi connectivity index (χ4v) is 6.70. The molecule has 0 radical (unpaired) electrons. The molecule has 5 rings (SSSR count). The minimum atomic E-state index is 0.0953. The van der Waals surface area contributed by atoms with Gasteiger partial charge in [-0.3, -0.25) is 14.5 Å². The van der Waals surface area contributed by atoms with E-state index >= 15 is 0 Å². The summed E-state index contributed by atoms with van der Waals surface area (Å²) in [5.74, 6) is 1.97. The highest BCUT2D eigenvalue weighted by atomic mass is 16.5. The van der Waals surface area contributed by atoms with E-state index in [2.05, 4.69) is 28.0 Å². The molecule has 1 aromatic carbocycles. The van der Waals surface area contributed by atoms with Gasteiger partial charge in [0.1, 0.15) is 0 Å². The minimum Gasteiger partial charge on any atom is -0.379 e. The van der Waals surface area contributed by atoms with Crippen LogP contribution < -0.4 is 4.90 Å². The Kier molecular flexibility index (Phi) is 8.08. The Morgan fingerprint density at radius 3 is 2.29 bits per heavy atom. The molecular weight excluding hydrogens is 438 g/mol. The predicted molar refractivity (Wildman–Crippen MR) is 138 cm³/mol. The Morgan fingerprint density at radius 1 is 0.886 bits per heavy atom. The van der Waals surface area contributed by atoms with Crippen LogP contribution in [-0.4, -0.2) is 61.0 Å². The van der Waals surface area contributed by atoms with Crippen molar-refractivity contribution in [3.05, 3.63) is 29.3 Å². The molecule has 4 aliphatic rings. The number of ether oxygens (including phenoxy) is 1. The summed E-state index contributed by atoms with van der Waals surface area (Å²) in [7, 11) is 0. The summed E-state index contributed by atoms with van der Waals surface area (Å²) in [6.45, 7) is 8.21. The molecule has 6 nitrogen and oxygen atoms in total. The summed E-state index contributed by atoms with van der Waals surface area (Å²) < 4.78 is 5.52. The monoisotopic (exact) mass is 481 g/mol. The number of hydrogen-bond acceptors (Lipinski definition) is 4. The Morgan fingerprint density at radius 2 is 1.57 bits per heavy atom. The average molecular weight is 482 g/mol. The highest BCUT2D eigenvalue weighted by Crippen LogP contribution is 2.56. The zero-order valence-electron chi connectivity index (χ0n) is 21.6. The number of hydrogen-bond donors (Lipinski definition) is 0. The van der Waals surface area contributed by atoms with Crippen molar-refractivity contribution in [3.63, 3.8) is 0 Å². The van der Waals surface area contributed by atoms with E-state index in [1.54, 1.807) is 6.92 Å². The van der Waals surface area contributed by atoms with Crippen molar-refractivity contribution >= 4 is 17.5 Å². The first-order valence-electron chi connectivity index (χ1n) is 14.1. The number of rotatable bonds is 3. The number of morpholine rings is 1. The molecule has 2 atom stereocenters. The second kappa shape index (κ2) is 11.4. The van der Waals surface area contributed by atoms with Crippen molar-refractivity contribution < 1.29 is 14.3 Å². The van der Waals surface area contributed by atoms with Crippen LogP contribution in [0.3, 0.4) is 0 Å². The van der Waals surface area contributed by atoms with Crippen LogP contribution in [0.25, 0.3) is 0 Å². The van der Waals surface area contributed by atoms with Crippen LogP contribution in [0.2, 0.25) is 0 Å². The van der Waals surface area contributed by atoms with E-state index in [1.165, 1.54) is 37.7 Å². The van der Waals surface area contributed by atoms with Crippen molar-refractivity contribution in [2.24, 2.45) is 17.8 Å². The van der Waals surface area contributed by atoms with Gasteiger partial charge in [-0.05, 0) is 54.7 Å². The van der Waals surface area contributed by atoms with Crippen molar-refractivity contribution in [2.75, 3.05) is 44.3 Å². The van der Waals surface area contributed by atoms with Crippen LogP contribution in [0.1, 0.15) is 75.8 Å². The molecule has 2 heterocycles. The van der Waals surface area contributed by atoms with Gasteiger partial charge in [-0.2, -0.15) is 0 Å². The van der Waals surface area contributed by atoms with Gasteiger partial charge in [0.05, 0.1) is 13.2 Å².